The van der Waals surface area contributed by atoms with E-state index in [0.717, 1.165) is 89.9 Å². The molecule has 1 unspecified atom stereocenters. The molecule has 6 nitrogen and oxygen atoms in total. The maximum Gasteiger partial charge on any atom is 0.306 e. The van der Waals surface area contributed by atoms with Crippen molar-refractivity contribution in [3.05, 3.63) is 60.8 Å². The summed E-state index contributed by atoms with van der Waals surface area (Å²) < 4.78 is 16.7. The second-order valence-corrected chi connectivity index (χ2v) is 16.0. The van der Waals surface area contributed by atoms with Gasteiger partial charge in [0.15, 0.2) is 6.10 Å². The fourth-order valence-corrected chi connectivity index (χ4v) is 6.60. The van der Waals surface area contributed by atoms with E-state index in [0.29, 0.717) is 19.3 Å². The average Bonchev–Trinajstić information content (AvgIpc) is 3.22. The lowest BCUT2D eigenvalue weighted by atomic mass is 10.1. The Morgan fingerprint density at radius 1 is 0.362 bits per heavy atom. The largest absolute Gasteiger partial charge is 0.462 e. The van der Waals surface area contributed by atoms with Crippen LogP contribution < -0.4 is 0 Å². The Labute approximate surface area is 358 Å². The van der Waals surface area contributed by atoms with Crippen LogP contribution in [0.5, 0.6) is 0 Å². The van der Waals surface area contributed by atoms with Gasteiger partial charge in [-0.1, -0.05) is 191 Å². The van der Waals surface area contributed by atoms with E-state index in [-0.39, 0.29) is 31.1 Å². The Hall–Kier alpha value is -2.89. The van der Waals surface area contributed by atoms with Crippen molar-refractivity contribution in [2.75, 3.05) is 13.2 Å². The highest BCUT2D eigenvalue weighted by Gasteiger charge is 2.19. The summed E-state index contributed by atoms with van der Waals surface area (Å²) >= 11 is 0. The van der Waals surface area contributed by atoms with Crippen LogP contribution in [0.2, 0.25) is 0 Å². The third kappa shape index (κ3) is 44.2. The van der Waals surface area contributed by atoms with E-state index in [1.807, 2.05) is 0 Å². The van der Waals surface area contributed by atoms with Gasteiger partial charge in [0, 0.05) is 19.3 Å². The normalized spacial score (nSPS) is 12.5. The lowest BCUT2D eigenvalue weighted by Crippen LogP contribution is -2.30. The standard InChI is InChI=1S/C52H90O6/c1-4-7-10-13-16-19-21-23-24-25-26-27-28-30-31-33-36-39-42-45-51(54)57-48-49(47-56-50(53)44-41-38-35-18-15-12-9-6-3)58-52(55)46-43-40-37-34-32-29-22-20-17-14-11-8-5-2/h8,11,16-17,19-20,23-24,29,32,49H,4-7,9-10,12-15,18,21-22,25-28,30-31,33-48H2,1-3H3/b11-8-,19-16-,20-17-,24-23-,32-29-. The summed E-state index contributed by atoms with van der Waals surface area (Å²) in [5.74, 6) is -0.925. The fraction of sp³-hybridized carbons (Fsp3) is 0.750. The lowest BCUT2D eigenvalue weighted by molar-refractivity contribution is -0.167. The Morgan fingerprint density at radius 3 is 1.10 bits per heavy atom. The molecule has 0 bridgehead atoms. The molecular weight excluding hydrogens is 721 g/mol. The third-order valence-electron chi connectivity index (χ3n) is 10.3. The van der Waals surface area contributed by atoms with Crippen LogP contribution in [-0.4, -0.2) is 37.2 Å². The minimum absolute atomic E-state index is 0.0868. The van der Waals surface area contributed by atoms with Crippen LogP contribution in [0.15, 0.2) is 60.8 Å². The van der Waals surface area contributed by atoms with Crippen LogP contribution in [0.3, 0.4) is 0 Å². The number of carbonyl (C=O) groups excluding carboxylic acids is 3. The molecule has 1 atom stereocenters. The molecule has 58 heavy (non-hydrogen) atoms. The molecule has 0 rings (SSSR count). The first-order chi connectivity index (χ1) is 28.5. The molecule has 0 aliphatic rings. The van der Waals surface area contributed by atoms with Gasteiger partial charge in [0.2, 0.25) is 0 Å². The van der Waals surface area contributed by atoms with Gasteiger partial charge < -0.3 is 14.2 Å². The molecule has 0 aromatic heterocycles. The lowest BCUT2D eigenvalue weighted by Gasteiger charge is -2.18. The SMILES string of the molecule is CC/C=C\C/C=C\C/C=C\CCCCCC(=O)OC(COC(=O)CCCCCCCCCC)COC(=O)CCCCCCCCCCC/C=C\C/C=C\CCCCC. The number of hydrogen-bond donors (Lipinski definition) is 0. The van der Waals surface area contributed by atoms with Gasteiger partial charge >= 0.3 is 17.9 Å². The molecule has 0 aromatic carbocycles. The van der Waals surface area contributed by atoms with E-state index in [1.54, 1.807) is 0 Å². The zero-order chi connectivity index (χ0) is 42.3. The average molecular weight is 811 g/mol. The van der Waals surface area contributed by atoms with Crippen LogP contribution in [-0.2, 0) is 28.6 Å². The Kier molecular flexibility index (Phi) is 44.5. The van der Waals surface area contributed by atoms with Crippen molar-refractivity contribution in [2.45, 2.75) is 239 Å². The van der Waals surface area contributed by atoms with Crippen molar-refractivity contribution in [3.63, 3.8) is 0 Å². The number of carbonyl (C=O) groups is 3. The highest BCUT2D eigenvalue weighted by molar-refractivity contribution is 5.71. The summed E-state index contributed by atoms with van der Waals surface area (Å²) in [6, 6.07) is 0. The Balaban J connectivity index is 4.31. The second-order valence-electron chi connectivity index (χ2n) is 16.0. The maximum absolute atomic E-state index is 12.7. The van der Waals surface area contributed by atoms with Crippen molar-refractivity contribution < 1.29 is 28.6 Å². The van der Waals surface area contributed by atoms with E-state index in [9.17, 15) is 14.4 Å². The molecule has 334 valence electrons. The smallest absolute Gasteiger partial charge is 0.306 e. The van der Waals surface area contributed by atoms with Crippen LogP contribution in [0.4, 0.5) is 0 Å². The van der Waals surface area contributed by atoms with E-state index in [1.165, 1.54) is 103 Å². The molecule has 0 N–H and O–H groups in total. The summed E-state index contributed by atoms with van der Waals surface area (Å²) in [6.07, 6.45) is 56.4. The molecule has 0 fully saturated rings. The zero-order valence-electron chi connectivity index (χ0n) is 38.0. The van der Waals surface area contributed by atoms with Gasteiger partial charge in [-0.3, -0.25) is 14.4 Å². The predicted molar refractivity (Wildman–Crippen MR) is 247 cm³/mol. The molecule has 6 heteroatoms. The third-order valence-corrected chi connectivity index (χ3v) is 10.3. The van der Waals surface area contributed by atoms with Gasteiger partial charge in [0.25, 0.3) is 0 Å². The molecule has 0 radical (unpaired) electrons. The van der Waals surface area contributed by atoms with Gasteiger partial charge in [0.05, 0.1) is 0 Å². The number of ether oxygens (including phenoxy) is 3. The predicted octanol–water partition coefficient (Wildman–Crippen LogP) is 15.7. The molecule has 0 saturated carbocycles. The monoisotopic (exact) mass is 811 g/mol. The molecule has 0 spiro atoms. The van der Waals surface area contributed by atoms with E-state index >= 15 is 0 Å². The van der Waals surface area contributed by atoms with Crippen molar-refractivity contribution in [2.24, 2.45) is 0 Å². The van der Waals surface area contributed by atoms with Crippen LogP contribution in [0, 0.1) is 0 Å². The second kappa shape index (κ2) is 46.8. The van der Waals surface area contributed by atoms with Gasteiger partial charge in [-0.15, -0.1) is 0 Å². The van der Waals surface area contributed by atoms with Gasteiger partial charge in [-0.05, 0) is 83.5 Å². The zero-order valence-corrected chi connectivity index (χ0v) is 38.0. The van der Waals surface area contributed by atoms with Crippen molar-refractivity contribution in [1.29, 1.82) is 0 Å². The molecule has 0 saturated heterocycles. The van der Waals surface area contributed by atoms with Gasteiger partial charge in [-0.25, -0.2) is 0 Å². The number of rotatable bonds is 43. The minimum atomic E-state index is -0.786. The van der Waals surface area contributed by atoms with Crippen molar-refractivity contribution in [3.8, 4) is 0 Å². The first-order valence-corrected chi connectivity index (χ1v) is 24.3. The minimum Gasteiger partial charge on any atom is -0.462 e. The Bertz CT molecular complexity index is 1070. The topological polar surface area (TPSA) is 78.9 Å². The maximum atomic E-state index is 12.7. The van der Waals surface area contributed by atoms with Gasteiger partial charge in [0.1, 0.15) is 13.2 Å². The Morgan fingerprint density at radius 2 is 0.672 bits per heavy atom. The van der Waals surface area contributed by atoms with Gasteiger partial charge in [-0.2, -0.15) is 0 Å². The number of esters is 3. The molecule has 0 aliphatic carbocycles. The van der Waals surface area contributed by atoms with E-state index < -0.39 is 6.10 Å². The van der Waals surface area contributed by atoms with Crippen LogP contribution in [0.25, 0.3) is 0 Å². The number of hydrogen-bond acceptors (Lipinski definition) is 6. The summed E-state index contributed by atoms with van der Waals surface area (Å²) in [4.78, 5) is 37.7. The molecule has 0 aliphatic heterocycles. The summed E-state index contributed by atoms with van der Waals surface area (Å²) in [5.41, 5.74) is 0. The first-order valence-electron chi connectivity index (χ1n) is 24.3. The number of allylic oxidation sites excluding steroid dienone is 10. The number of unbranched alkanes of at least 4 members (excludes halogenated alkanes) is 22. The van der Waals surface area contributed by atoms with Crippen LogP contribution in [0.1, 0.15) is 233 Å². The summed E-state index contributed by atoms with van der Waals surface area (Å²) in [5, 5.41) is 0. The van der Waals surface area contributed by atoms with Crippen molar-refractivity contribution in [1.82, 2.24) is 0 Å². The molecule has 0 heterocycles. The highest BCUT2D eigenvalue weighted by Crippen LogP contribution is 2.14. The fourth-order valence-electron chi connectivity index (χ4n) is 6.60. The molecule has 0 aromatic rings. The summed E-state index contributed by atoms with van der Waals surface area (Å²) in [6.45, 7) is 6.44. The summed E-state index contributed by atoms with van der Waals surface area (Å²) in [7, 11) is 0. The highest BCUT2D eigenvalue weighted by atomic mass is 16.6. The first kappa shape index (κ1) is 55.1. The molecular formula is C52H90O6. The molecule has 0 amide bonds. The van der Waals surface area contributed by atoms with E-state index in [2.05, 4.69) is 81.5 Å². The quantitative estimate of drug-likeness (QED) is 0.0264. The van der Waals surface area contributed by atoms with E-state index in [4.69, 9.17) is 14.2 Å². The van der Waals surface area contributed by atoms with Crippen molar-refractivity contribution >= 4 is 17.9 Å². The van der Waals surface area contributed by atoms with Crippen LogP contribution >= 0.6 is 0 Å².